The predicted molar refractivity (Wildman–Crippen MR) is 136 cm³/mol. The summed E-state index contributed by atoms with van der Waals surface area (Å²) in [5.41, 5.74) is 4.33. The number of hydrogen-bond acceptors (Lipinski definition) is 5. The smallest absolute Gasteiger partial charge is 0.306 e. The van der Waals surface area contributed by atoms with Crippen molar-refractivity contribution in [2.45, 2.75) is 40.0 Å². The number of anilines is 2. The summed E-state index contributed by atoms with van der Waals surface area (Å²) in [5, 5.41) is 5.56. The SMILES string of the molecule is Cc1cccc(Oc2ccc(NC(=O)CCCC(=O)OCC(=O)Nc3c(C)cccc3C)cc2)c1. The summed E-state index contributed by atoms with van der Waals surface area (Å²) < 4.78 is 10.8. The standard InChI is InChI=1S/C28H30N2O5/c1-19-7-4-10-24(17-19)35-23-15-13-22(14-16-23)29-25(31)11-6-12-27(33)34-18-26(32)30-28-20(2)8-5-9-21(28)3/h4-5,7-10,13-17H,6,11-12,18H2,1-3H3,(H,29,31)(H,30,32). The molecule has 3 aromatic carbocycles. The second-order valence-corrected chi connectivity index (χ2v) is 8.32. The van der Waals surface area contributed by atoms with E-state index in [0.29, 0.717) is 17.9 Å². The van der Waals surface area contributed by atoms with Crippen LogP contribution in [0.15, 0.2) is 66.7 Å². The number of carbonyl (C=O) groups excluding carboxylic acids is 3. The van der Waals surface area contributed by atoms with Gasteiger partial charge in [0.1, 0.15) is 11.5 Å². The molecule has 0 radical (unpaired) electrons. The average Bonchev–Trinajstić information content (AvgIpc) is 2.81. The van der Waals surface area contributed by atoms with Gasteiger partial charge in [-0.2, -0.15) is 0 Å². The van der Waals surface area contributed by atoms with E-state index in [1.165, 1.54) is 0 Å². The van der Waals surface area contributed by atoms with Crippen LogP contribution in [0.5, 0.6) is 11.5 Å². The van der Waals surface area contributed by atoms with Gasteiger partial charge in [-0.3, -0.25) is 14.4 Å². The normalized spacial score (nSPS) is 10.4. The first-order chi connectivity index (χ1) is 16.8. The number of ether oxygens (including phenoxy) is 2. The zero-order valence-electron chi connectivity index (χ0n) is 20.2. The Bertz CT molecular complexity index is 1170. The quantitative estimate of drug-likeness (QED) is 0.368. The van der Waals surface area contributed by atoms with E-state index in [0.717, 1.165) is 28.1 Å². The molecule has 0 aliphatic heterocycles. The first-order valence-corrected chi connectivity index (χ1v) is 11.5. The highest BCUT2D eigenvalue weighted by molar-refractivity contribution is 5.94. The molecule has 2 amide bonds. The van der Waals surface area contributed by atoms with Gasteiger partial charge in [0.05, 0.1) is 0 Å². The second kappa shape index (κ2) is 12.4. The maximum Gasteiger partial charge on any atom is 0.306 e. The lowest BCUT2D eigenvalue weighted by molar-refractivity contribution is -0.147. The number of benzene rings is 3. The van der Waals surface area contributed by atoms with E-state index in [4.69, 9.17) is 9.47 Å². The number of hydrogen-bond donors (Lipinski definition) is 2. The molecule has 182 valence electrons. The van der Waals surface area contributed by atoms with Gasteiger partial charge in [0.15, 0.2) is 6.61 Å². The largest absolute Gasteiger partial charge is 0.457 e. The van der Waals surface area contributed by atoms with Gasteiger partial charge in [0, 0.05) is 24.2 Å². The van der Waals surface area contributed by atoms with Crippen molar-refractivity contribution in [3.63, 3.8) is 0 Å². The highest BCUT2D eigenvalue weighted by atomic mass is 16.5. The number of amides is 2. The van der Waals surface area contributed by atoms with Crippen LogP contribution >= 0.6 is 0 Å². The monoisotopic (exact) mass is 474 g/mol. The third kappa shape index (κ3) is 8.30. The van der Waals surface area contributed by atoms with Gasteiger partial charge in [-0.05, 0) is 80.3 Å². The highest BCUT2D eigenvalue weighted by Gasteiger charge is 2.11. The predicted octanol–water partition coefficient (Wildman–Crippen LogP) is 5.69. The van der Waals surface area contributed by atoms with E-state index in [9.17, 15) is 14.4 Å². The molecule has 0 aromatic heterocycles. The summed E-state index contributed by atoms with van der Waals surface area (Å²) >= 11 is 0. The van der Waals surface area contributed by atoms with E-state index in [1.54, 1.807) is 24.3 Å². The van der Waals surface area contributed by atoms with Gasteiger partial charge in [0.2, 0.25) is 5.91 Å². The van der Waals surface area contributed by atoms with Crippen LogP contribution in [0.4, 0.5) is 11.4 Å². The van der Waals surface area contributed by atoms with Crippen LogP contribution in [-0.4, -0.2) is 24.4 Å². The van der Waals surface area contributed by atoms with Crippen LogP contribution in [-0.2, 0) is 19.1 Å². The van der Waals surface area contributed by atoms with Crippen molar-refractivity contribution in [1.29, 1.82) is 0 Å². The molecule has 0 bridgehead atoms. The van der Waals surface area contributed by atoms with Crippen molar-refractivity contribution in [2.24, 2.45) is 0 Å². The highest BCUT2D eigenvalue weighted by Crippen LogP contribution is 2.24. The summed E-state index contributed by atoms with van der Waals surface area (Å²) in [6.45, 7) is 5.42. The fraction of sp³-hybridized carbons (Fsp3) is 0.250. The van der Waals surface area contributed by atoms with Crippen LogP contribution < -0.4 is 15.4 Å². The van der Waals surface area contributed by atoms with Crippen molar-refractivity contribution in [1.82, 2.24) is 0 Å². The Kier molecular flexibility index (Phi) is 9.01. The van der Waals surface area contributed by atoms with Gasteiger partial charge in [-0.1, -0.05) is 30.3 Å². The Balaban J connectivity index is 1.34. The van der Waals surface area contributed by atoms with E-state index in [1.807, 2.05) is 63.2 Å². The molecule has 0 aliphatic rings. The van der Waals surface area contributed by atoms with Gasteiger partial charge in [0.25, 0.3) is 5.91 Å². The lowest BCUT2D eigenvalue weighted by atomic mass is 10.1. The van der Waals surface area contributed by atoms with Crippen molar-refractivity contribution in [3.05, 3.63) is 83.4 Å². The van der Waals surface area contributed by atoms with Crippen LogP contribution in [0, 0.1) is 20.8 Å². The zero-order valence-corrected chi connectivity index (χ0v) is 20.2. The van der Waals surface area contributed by atoms with Crippen molar-refractivity contribution < 1.29 is 23.9 Å². The third-order valence-corrected chi connectivity index (χ3v) is 5.26. The van der Waals surface area contributed by atoms with Crippen LogP contribution in [0.25, 0.3) is 0 Å². The summed E-state index contributed by atoms with van der Waals surface area (Å²) in [7, 11) is 0. The van der Waals surface area contributed by atoms with Gasteiger partial charge in [-0.25, -0.2) is 0 Å². The molecule has 3 rings (SSSR count). The minimum absolute atomic E-state index is 0.0490. The molecule has 0 spiro atoms. The molecule has 0 unspecified atom stereocenters. The van der Waals surface area contributed by atoms with Gasteiger partial charge in [-0.15, -0.1) is 0 Å². The molecular formula is C28H30N2O5. The molecule has 0 fully saturated rings. The fourth-order valence-electron chi connectivity index (χ4n) is 3.44. The Morgan fingerprint density at radius 2 is 1.43 bits per heavy atom. The molecule has 0 heterocycles. The number of esters is 1. The Morgan fingerprint density at radius 3 is 2.11 bits per heavy atom. The Labute approximate surface area is 205 Å². The Morgan fingerprint density at radius 1 is 0.743 bits per heavy atom. The summed E-state index contributed by atoms with van der Waals surface area (Å²) in [6, 6.07) is 20.5. The average molecular weight is 475 g/mol. The third-order valence-electron chi connectivity index (χ3n) is 5.26. The number of carbonyl (C=O) groups is 3. The first-order valence-electron chi connectivity index (χ1n) is 11.5. The maximum absolute atomic E-state index is 12.2. The Hall–Kier alpha value is -4.13. The number of para-hydroxylation sites is 1. The van der Waals surface area contributed by atoms with Gasteiger partial charge >= 0.3 is 5.97 Å². The van der Waals surface area contributed by atoms with E-state index in [2.05, 4.69) is 10.6 Å². The van der Waals surface area contributed by atoms with E-state index in [-0.39, 0.29) is 25.4 Å². The minimum atomic E-state index is -0.521. The van der Waals surface area contributed by atoms with E-state index >= 15 is 0 Å². The maximum atomic E-state index is 12.2. The lowest BCUT2D eigenvalue weighted by Gasteiger charge is -2.11. The summed E-state index contributed by atoms with van der Waals surface area (Å²) in [6.07, 6.45) is 0.524. The van der Waals surface area contributed by atoms with Gasteiger partial charge < -0.3 is 20.1 Å². The van der Waals surface area contributed by atoms with Crippen molar-refractivity contribution >= 4 is 29.2 Å². The summed E-state index contributed by atoms with van der Waals surface area (Å²) in [5.74, 6) is 0.280. The van der Waals surface area contributed by atoms with Crippen molar-refractivity contribution in [3.8, 4) is 11.5 Å². The van der Waals surface area contributed by atoms with Crippen molar-refractivity contribution in [2.75, 3.05) is 17.2 Å². The topological polar surface area (TPSA) is 93.7 Å². The van der Waals surface area contributed by atoms with Crippen LogP contribution in [0.2, 0.25) is 0 Å². The fourth-order valence-corrected chi connectivity index (χ4v) is 3.44. The van der Waals surface area contributed by atoms with E-state index < -0.39 is 11.9 Å². The lowest BCUT2D eigenvalue weighted by Crippen LogP contribution is -2.22. The molecule has 3 aromatic rings. The molecule has 2 N–H and O–H groups in total. The molecule has 35 heavy (non-hydrogen) atoms. The van der Waals surface area contributed by atoms with Crippen LogP contribution in [0.3, 0.4) is 0 Å². The molecule has 0 saturated carbocycles. The molecular weight excluding hydrogens is 444 g/mol. The number of nitrogens with one attached hydrogen (secondary N) is 2. The molecule has 7 heteroatoms. The minimum Gasteiger partial charge on any atom is -0.457 e. The second-order valence-electron chi connectivity index (χ2n) is 8.32. The molecule has 0 atom stereocenters. The number of aryl methyl sites for hydroxylation is 3. The van der Waals surface area contributed by atoms with Crippen LogP contribution in [0.1, 0.15) is 36.0 Å². The zero-order chi connectivity index (χ0) is 25.2. The number of rotatable bonds is 10. The first kappa shape index (κ1) is 25.5. The molecule has 7 nitrogen and oxygen atoms in total. The molecule has 0 aliphatic carbocycles. The summed E-state index contributed by atoms with van der Waals surface area (Å²) in [4.78, 5) is 36.2. The molecule has 0 saturated heterocycles.